The van der Waals surface area contributed by atoms with Gasteiger partial charge in [-0.2, -0.15) is 0 Å². The van der Waals surface area contributed by atoms with Crippen molar-refractivity contribution in [1.29, 1.82) is 0 Å². The molecule has 1 aromatic carbocycles. The van der Waals surface area contributed by atoms with Crippen LogP contribution in [0.5, 0.6) is 0 Å². The summed E-state index contributed by atoms with van der Waals surface area (Å²) in [4.78, 5) is 25.6. The Balaban J connectivity index is 2.11. The third kappa shape index (κ3) is 3.95. The minimum absolute atomic E-state index is 0.0692. The third-order valence-electron chi connectivity index (χ3n) is 3.50. The molecule has 114 valence electrons. The molecule has 5 nitrogen and oxygen atoms in total. The fourth-order valence-electron chi connectivity index (χ4n) is 2.31. The smallest absolute Gasteiger partial charge is 0.254 e. The van der Waals surface area contributed by atoms with Crippen LogP contribution < -0.4 is 10.6 Å². The van der Waals surface area contributed by atoms with E-state index in [1.807, 2.05) is 0 Å². The Morgan fingerprint density at radius 3 is 2.71 bits per heavy atom. The van der Waals surface area contributed by atoms with Gasteiger partial charge in [0.2, 0.25) is 5.91 Å². The average Bonchev–Trinajstić information content (AvgIpc) is 2.49. The number of hydrogen-bond acceptors (Lipinski definition) is 3. The van der Waals surface area contributed by atoms with Gasteiger partial charge in [0.15, 0.2) is 0 Å². The molecule has 6 heteroatoms. The molecule has 0 bridgehead atoms. The van der Waals surface area contributed by atoms with Gasteiger partial charge in [-0.3, -0.25) is 9.59 Å². The van der Waals surface area contributed by atoms with Gasteiger partial charge < -0.3 is 15.5 Å². The van der Waals surface area contributed by atoms with Gasteiger partial charge in [-0.1, -0.05) is 18.0 Å². The summed E-state index contributed by atoms with van der Waals surface area (Å²) < 4.78 is 0. The molecule has 0 aliphatic carbocycles. The van der Waals surface area contributed by atoms with Crippen LogP contribution in [-0.2, 0) is 4.79 Å². The van der Waals surface area contributed by atoms with Gasteiger partial charge in [0, 0.05) is 19.8 Å². The molecule has 0 radical (unpaired) electrons. The molecule has 1 aliphatic heterocycles. The Labute approximate surface area is 129 Å². The van der Waals surface area contributed by atoms with Crippen molar-refractivity contribution in [1.82, 2.24) is 10.2 Å². The van der Waals surface area contributed by atoms with Crippen molar-refractivity contribution in [3.63, 3.8) is 0 Å². The first-order valence-electron chi connectivity index (χ1n) is 7.04. The monoisotopic (exact) mass is 309 g/mol. The van der Waals surface area contributed by atoms with Crippen molar-refractivity contribution >= 4 is 29.1 Å². The zero-order valence-electron chi connectivity index (χ0n) is 12.3. The van der Waals surface area contributed by atoms with Crippen LogP contribution in [0, 0.1) is 0 Å². The number of rotatable bonds is 3. The van der Waals surface area contributed by atoms with Crippen molar-refractivity contribution in [2.24, 2.45) is 0 Å². The average molecular weight is 310 g/mol. The molecule has 1 atom stereocenters. The van der Waals surface area contributed by atoms with E-state index in [1.54, 1.807) is 32.3 Å². The van der Waals surface area contributed by atoms with Crippen molar-refractivity contribution in [3.8, 4) is 0 Å². The fraction of sp³-hybridized carbons (Fsp3) is 0.467. The van der Waals surface area contributed by atoms with E-state index in [1.165, 1.54) is 4.90 Å². The maximum Gasteiger partial charge on any atom is 0.254 e. The molecule has 21 heavy (non-hydrogen) atoms. The first kappa shape index (κ1) is 15.8. The highest BCUT2D eigenvalue weighted by molar-refractivity contribution is 6.34. The lowest BCUT2D eigenvalue weighted by Crippen LogP contribution is -2.43. The molecule has 1 aliphatic rings. The second kappa shape index (κ2) is 6.91. The highest BCUT2D eigenvalue weighted by Gasteiger charge is 2.21. The Hall–Kier alpha value is -1.59. The van der Waals surface area contributed by atoms with Crippen LogP contribution in [0.25, 0.3) is 0 Å². The molecule has 0 aromatic heterocycles. The van der Waals surface area contributed by atoms with Gasteiger partial charge in [-0.05, 0) is 37.6 Å². The molecule has 1 heterocycles. The Bertz CT molecular complexity index is 540. The molecule has 1 unspecified atom stereocenters. The first-order valence-corrected chi connectivity index (χ1v) is 7.42. The number of nitrogens with zero attached hydrogens (tertiary/aromatic N) is 1. The first-order chi connectivity index (χ1) is 9.99. The number of hydrogen-bond donors (Lipinski definition) is 2. The third-order valence-corrected chi connectivity index (χ3v) is 3.83. The number of carbonyl (C=O) groups excluding carboxylic acids is 2. The second-order valence-corrected chi connectivity index (χ2v) is 5.79. The van der Waals surface area contributed by atoms with Crippen LogP contribution in [0.3, 0.4) is 0 Å². The number of anilines is 1. The van der Waals surface area contributed by atoms with E-state index >= 15 is 0 Å². The summed E-state index contributed by atoms with van der Waals surface area (Å²) in [6.07, 6.45) is 2.99. The summed E-state index contributed by atoms with van der Waals surface area (Å²) in [5.74, 6) is -0.257. The number of piperidine rings is 1. The van der Waals surface area contributed by atoms with Gasteiger partial charge in [0.1, 0.15) is 0 Å². The summed E-state index contributed by atoms with van der Waals surface area (Å²) in [6.45, 7) is 0.864. The van der Waals surface area contributed by atoms with Crippen molar-refractivity contribution < 1.29 is 9.59 Å². The largest absolute Gasteiger partial charge is 0.345 e. The topological polar surface area (TPSA) is 61.4 Å². The van der Waals surface area contributed by atoms with Crippen molar-refractivity contribution in [2.45, 2.75) is 25.3 Å². The normalized spacial score (nSPS) is 18.1. The molecule has 2 rings (SSSR count). The number of benzene rings is 1. The quantitative estimate of drug-likeness (QED) is 0.899. The van der Waals surface area contributed by atoms with E-state index < -0.39 is 0 Å². The number of nitrogens with one attached hydrogen (secondary N) is 2. The zero-order chi connectivity index (χ0) is 15.4. The van der Waals surface area contributed by atoms with Crippen LogP contribution in [0.4, 0.5) is 5.69 Å². The molecule has 2 N–H and O–H groups in total. The predicted molar refractivity (Wildman–Crippen MR) is 83.7 cm³/mol. The number of carbonyl (C=O) groups is 2. The molecular formula is C15H20ClN3O2. The molecule has 1 saturated heterocycles. The van der Waals surface area contributed by atoms with Gasteiger partial charge in [-0.25, -0.2) is 0 Å². The van der Waals surface area contributed by atoms with E-state index in [-0.39, 0.29) is 17.9 Å². The lowest BCUT2D eigenvalue weighted by Gasteiger charge is -2.22. The lowest BCUT2D eigenvalue weighted by atomic mass is 10.0. The van der Waals surface area contributed by atoms with Crippen molar-refractivity contribution in [3.05, 3.63) is 28.8 Å². The highest BCUT2D eigenvalue weighted by Crippen LogP contribution is 2.22. The standard InChI is InChI=1S/C15H20ClN3O2/c1-19(2)15(21)11-9-10(6-7-12(11)16)18-14(20)13-5-3-4-8-17-13/h6-7,9,13,17H,3-5,8H2,1-2H3,(H,18,20). The Kier molecular flexibility index (Phi) is 5.20. The van der Waals surface area contributed by atoms with Crippen LogP contribution in [-0.4, -0.2) is 43.4 Å². The summed E-state index contributed by atoms with van der Waals surface area (Å²) in [6, 6.07) is 4.78. The van der Waals surface area contributed by atoms with E-state index in [0.717, 1.165) is 25.8 Å². The van der Waals surface area contributed by atoms with Gasteiger partial charge >= 0.3 is 0 Å². The highest BCUT2D eigenvalue weighted by atomic mass is 35.5. The van der Waals surface area contributed by atoms with E-state index in [4.69, 9.17) is 11.6 Å². The number of amides is 2. The van der Waals surface area contributed by atoms with Crippen molar-refractivity contribution in [2.75, 3.05) is 26.0 Å². The molecule has 0 saturated carbocycles. The zero-order valence-corrected chi connectivity index (χ0v) is 13.0. The van der Waals surface area contributed by atoms with E-state index in [9.17, 15) is 9.59 Å². The summed E-state index contributed by atoms with van der Waals surface area (Å²) in [5.41, 5.74) is 0.970. The van der Waals surface area contributed by atoms with Crippen LogP contribution in [0.2, 0.25) is 5.02 Å². The Morgan fingerprint density at radius 2 is 2.10 bits per heavy atom. The SMILES string of the molecule is CN(C)C(=O)c1cc(NC(=O)C2CCCCN2)ccc1Cl. The molecule has 2 amide bonds. The van der Waals surface area contributed by atoms with Crippen LogP contribution in [0.15, 0.2) is 18.2 Å². The predicted octanol–water partition coefficient (Wildman–Crippen LogP) is 2.12. The second-order valence-electron chi connectivity index (χ2n) is 5.39. The minimum Gasteiger partial charge on any atom is -0.345 e. The fourth-order valence-corrected chi connectivity index (χ4v) is 2.51. The molecule has 0 spiro atoms. The summed E-state index contributed by atoms with van der Waals surface area (Å²) in [7, 11) is 3.33. The Morgan fingerprint density at radius 1 is 1.33 bits per heavy atom. The maximum atomic E-state index is 12.2. The van der Waals surface area contributed by atoms with Gasteiger partial charge in [-0.15, -0.1) is 0 Å². The summed E-state index contributed by atoms with van der Waals surface area (Å²) >= 11 is 6.05. The van der Waals surface area contributed by atoms with E-state index in [2.05, 4.69) is 10.6 Å². The minimum atomic E-state index is -0.188. The van der Waals surface area contributed by atoms with Gasteiger partial charge in [0.05, 0.1) is 16.6 Å². The molecular weight excluding hydrogens is 290 g/mol. The maximum absolute atomic E-state index is 12.2. The van der Waals surface area contributed by atoms with Crippen LogP contribution >= 0.6 is 11.6 Å². The van der Waals surface area contributed by atoms with Gasteiger partial charge in [0.25, 0.3) is 5.91 Å². The van der Waals surface area contributed by atoms with Crippen LogP contribution in [0.1, 0.15) is 29.6 Å². The number of halogens is 1. The molecule has 1 aromatic rings. The molecule has 1 fully saturated rings. The van der Waals surface area contributed by atoms with E-state index in [0.29, 0.717) is 16.3 Å². The lowest BCUT2D eigenvalue weighted by molar-refractivity contribution is -0.118. The summed E-state index contributed by atoms with van der Waals surface area (Å²) in [5, 5.41) is 6.41.